The van der Waals surface area contributed by atoms with Gasteiger partial charge in [0.2, 0.25) is 0 Å². The van der Waals surface area contributed by atoms with Crippen molar-refractivity contribution >= 4 is 31.9 Å². The van der Waals surface area contributed by atoms with Crippen LogP contribution in [0.3, 0.4) is 0 Å². The number of ether oxygens (including phenoxy) is 1. The molecule has 0 saturated heterocycles. The van der Waals surface area contributed by atoms with E-state index in [1.54, 1.807) is 0 Å². The molecule has 2 nitrogen and oxygen atoms in total. The van der Waals surface area contributed by atoms with E-state index in [9.17, 15) is 18.3 Å². The molecule has 17 heavy (non-hydrogen) atoms. The van der Waals surface area contributed by atoms with Gasteiger partial charge in [-0.2, -0.15) is 13.2 Å². The number of fused-ring (bicyclic) bond motifs is 1. The first kappa shape index (κ1) is 13.2. The molecule has 1 aliphatic heterocycles. The monoisotopic (exact) mass is 374 g/mol. The zero-order chi connectivity index (χ0) is 12.8. The van der Waals surface area contributed by atoms with Gasteiger partial charge in [-0.05, 0) is 28.1 Å². The molecular weight excluding hydrogens is 369 g/mol. The van der Waals surface area contributed by atoms with E-state index in [4.69, 9.17) is 4.74 Å². The molecule has 0 radical (unpaired) electrons. The molecule has 1 aromatic carbocycles. The van der Waals surface area contributed by atoms with Gasteiger partial charge in [-0.15, -0.1) is 0 Å². The number of aliphatic hydroxyl groups is 1. The van der Waals surface area contributed by atoms with Crippen LogP contribution in [-0.4, -0.2) is 16.5 Å². The van der Waals surface area contributed by atoms with Gasteiger partial charge in [-0.1, -0.05) is 15.9 Å². The predicted molar refractivity (Wildman–Crippen MR) is 62.3 cm³/mol. The first-order valence-corrected chi connectivity index (χ1v) is 6.37. The highest BCUT2D eigenvalue weighted by molar-refractivity contribution is 9.10. The number of aliphatic hydroxyl groups excluding tert-OH is 1. The second-order valence-corrected chi connectivity index (χ2v) is 5.68. The normalized spacial score (nSPS) is 24.1. The second-order valence-electron chi connectivity index (χ2n) is 3.65. The molecule has 0 saturated carbocycles. The van der Waals surface area contributed by atoms with Crippen LogP contribution < -0.4 is 4.74 Å². The number of hydrogen-bond donors (Lipinski definition) is 1. The van der Waals surface area contributed by atoms with Crippen LogP contribution in [0.15, 0.2) is 16.6 Å². The summed E-state index contributed by atoms with van der Waals surface area (Å²) in [6.45, 7) is 0.206. The summed E-state index contributed by atoms with van der Waals surface area (Å²) in [7, 11) is 0. The Morgan fingerprint density at radius 3 is 2.59 bits per heavy atom. The van der Waals surface area contributed by atoms with Crippen molar-refractivity contribution < 1.29 is 23.0 Å². The average Bonchev–Trinajstić information content (AvgIpc) is 2.22. The second kappa shape index (κ2) is 4.44. The van der Waals surface area contributed by atoms with Gasteiger partial charge >= 0.3 is 6.18 Å². The molecule has 94 valence electrons. The van der Waals surface area contributed by atoms with Gasteiger partial charge in [-0.3, -0.25) is 0 Å². The van der Waals surface area contributed by atoms with Gasteiger partial charge in [0.15, 0.2) is 0 Å². The molecular formula is C10H7Br2F3O2. The molecule has 7 heteroatoms. The molecule has 0 amide bonds. The zero-order valence-corrected chi connectivity index (χ0v) is 11.4. The van der Waals surface area contributed by atoms with E-state index < -0.39 is 22.7 Å². The summed E-state index contributed by atoms with van der Waals surface area (Å²) in [5, 5.41) is 9.83. The van der Waals surface area contributed by atoms with Crippen LogP contribution in [0.5, 0.6) is 5.75 Å². The molecule has 0 aromatic heterocycles. The first-order valence-electron chi connectivity index (χ1n) is 4.66. The Morgan fingerprint density at radius 2 is 2.00 bits per heavy atom. The molecule has 0 fully saturated rings. The van der Waals surface area contributed by atoms with E-state index >= 15 is 0 Å². The van der Waals surface area contributed by atoms with Gasteiger partial charge in [0, 0.05) is 5.56 Å². The zero-order valence-electron chi connectivity index (χ0n) is 8.26. The highest BCUT2D eigenvalue weighted by Crippen LogP contribution is 2.43. The summed E-state index contributed by atoms with van der Waals surface area (Å²) in [6, 6.07) is 1.86. The molecule has 0 bridgehead atoms. The van der Waals surface area contributed by atoms with Crippen molar-refractivity contribution in [1.29, 1.82) is 0 Å². The maximum absolute atomic E-state index is 12.6. The van der Waals surface area contributed by atoms with Crippen LogP contribution in [-0.2, 0) is 6.18 Å². The molecule has 0 aliphatic carbocycles. The topological polar surface area (TPSA) is 29.5 Å². The quantitative estimate of drug-likeness (QED) is 0.701. The molecule has 2 atom stereocenters. The highest BCUT2D eigenvalue weighted by Gasteiger charge is 2.36. The maximum Gasteiger partial charge on any atom is 0.416 e. The Kier molecular flexibility index (Phi) is 3.44. The van der Waals surface area contributed by atoms with Crippen molar-refractivity contribution in [3.8, 4) is 5.75 Å². The SMILES string of the molecule is OC1c2cc(C(F)(F)F)cc(Br)c2OCC1Br. The van der Waals surface area contributed by atoms with Crippen LogP contribution in [0, 0.1) is 0 Å². The van der Waals surface area contributed by atoms with Gasteiger partial charge in [0.1, 0.15) is 12.4 Å². The predicted octanol–water partition coefficient (Wildman–Crippen LogP) is 3.66. The average molecular weight is 376 g/mol. The van der Waals surface area contributed by atoms with Crippen molar-refractivity contribution in [2.75, 3.05) is 6.61 Å². The van der Waals surface area contributed by atoms with Gasteiger partial charge in [0.05, 0.1) is 21.0 Å². The summed E-state index contributed by atoms with van der Waals surface area (Å²) < 4.78 is 43.3. The third kappa shape index (κ3) is 2.46. The standard InChI is InChI=1S/C10H7Br2F3O2/c11-6-2-4(10(13,14)15)1-5-8(16)7(12)3-17-9(5)6/h1-2,7-8,16H,3H2. The van der Waals surface area contributed by atoms with Crippen molar-refractivity contribution in [2.24, 2.45) is 0 Å². The van der Waals surface area contributed by atoms with Crippen LogP contribution in [0.2, 0.25) is 0 Å². The Balaban J connectivity index is 2.55. The Hall–Kier alpha value is -0.270. The molecule has 1 aromatic rings. The Morgan fingerprint density at radius 1 is 1.35 bits per heavy atom. The minimum absolute atomic E-state index is 0.139. The Labute approximate surface area is 112 Å². The lowest BCUT2D eigenvalue weighted by molar-refractivity contribution is -0.137. The minimum atomic E-state index is -4.45. The number of benzene rings is 1. The van der Waals surface area contributed by atoms with Crippen LogP contribution in [0.1, 0.15) is 17.2 Å². The van der Waals surface area contributed by atoms with Crippen molar-refractivity contribution in [2.45, 2.75) is 17.1 Å². The summed E-state index contributed by atoms with van der Waals surface area (Å²) >= 11 is 6.17. The first-order chi connectivity index (χ1) is 7.80. The minimum Gasteiger partial charge on any atom is -0.491 e. The highest BCUT2D eigenvalue weighted by atomic mass is 79.9. The summed E-state index contributed by atoms with van der Waals surface area (Å²) in [4.78, 5) is -0.412. The van der Waals surface area contributed by atoms with Crippen molar-refractivity contribution in [3.05, 3.63) is 27.7 Å². The third-order valence-corrected chi connectivity index (χ3v) is 3.80. The summed E-state index contributed by atoms with van der Waals surface area (Å²) in [5.74, 6) is 0.265. The van der Waals surface area contributed by atoms with Crippen molar-refractivity contribution in [3.63, 3.8) is 0 Å². The van der Waals surface area contributed by atoms with E-state index in [1.807, 2.05) is 0 Å². The maximum atomic E-state index is 12.6. The molecule has 1 N–H and O–H groups in total. The Bertz CT molecular complexity index is 448. The number of rotatable bonds is 0. The molecule has 2 unspecified atom stereocenters. The summed E-state index contributed by atoms with van der Waals surface area (Å²) in [6.07, 6.45) is -5.46. The van der Waals surface area contributed by atoms with Gasteiger partial charge in [0.25, 0.3) is 0 Å². The lowest BCUT2D eigenvalue weighted by Gasteiger charge is -2.28. The lowest BCUT2D eigenvalue weighted by atomic mass is 10.0. The van der Waals surface area contributed by atoms with E-state index in [0.29, 0.717) is 0 Å². The molecule has 2 rings (SSSR count). The fraction of sp³-hybridized carbons (Fsp3) is 0.400. The van der Waals surface area contributed by atoms with Gasteiger partial charge in [-0.25, -0.2) is 0 Å². The fourth-order valence-electron chi connectivity index (χ4n) is 1.60. The van der Waals surface area contributed by atoms with E-state index in [0.717, 1.165) is 12.1 Å². The number of hydrogen-bond acceptors (Lipinski definition) is 2. The van der Waals surface area contributed by atoms with Crippen LogP contribution in [0.4, 0.5) is 13.2 Å². The number of alkyl halides is 4. The van der Waals surface area contributed by atoms with Crippen LogP contribution in [0.25, 0.3) is 0 Å². The van der Waals surface area contributed by atoms with E-state index in [-0.39, 0.29) is 22.4 Å². The molecule has 1 aliphatic rings. The summed E-state index contributed by atoms with van der Waals surface area (Å²) in [5.41, 5.74) is -0.674. The fourth-order valence-corrected chi connectivity index (χ4v) is 2.61. The largest absolute Gasteiger partial charge is 0.491 e. The van der Waals surface area contributed by atoms with Crippen molar-refractivity contribution in [1.82, 2.24) is 0 Å². The smallest absolute Gasteiger partial charge is 0.416 e. The van der Waals surface area contributed by atoms with E-state index in [1.165, 1.54) is 0 Å². The third-order valence-electron chi connectivity index (χ3n) is 2.45. The van der Waals surface area contributed by atoms with Crippen LogP contribution >= 0.6 is 31.9 Å². The molecule has 0 spiro atoms. The number of halogens is 5. The van der Waals surface area contributed by atoms with E-state index in [2.05, 4.69) is 31.9 Å². The van der Waals surface area contributed by atoms with Gasteiger partial charge < -0.3 is 9.84 Å². The molecule has 1 heterocycles. The lowest BCUT2D eigenvalue weighted by Crippen LogP contribution is -2.26.